The Morgan fingerprint density at radius 3 is 2.62 bits per heavy atom. The molecule has 1 saturated carbocycles. The van der Waals surface area contributed by atoms with Crippen LogP contribution in [0.3, 0.4) is 0 Å². The zero-order valence-electron chi connectivity index (χ0n) is 14.4. The molecule has 0 N–H and O–H groups in total. The molecule has 0 atom stereocenters. The molecule has 3 rings (SSSR count). The van der Waals surface area contributed by atoms with Gasteiger partial charge in [-0.05, 0) is 67.2 Å². The van der Waals surface area contributed by atoms with Gasteiger partial charge in [0.25, 0.3) is 0 Å². The third-order valence-electron chi connectivity index (χ3n) is 4.63. The van der Waals surface area contributed by atoms with E-state index in [4.69, 9.17) is 16.3 Å². The predicted molar refractivity (Wildman–Crippen MR) is 99.3 cm³/mol. The van der Waals surface area contributed by atoms with Crippen LogP contribution in [-0.2, 0) is 11.3 Å². The summed E-state index contributed by atoms with van der Waals surface area (Å²) < 4.78 is 6.46. The number of halogens is 2. The van der Waals surface area contributed by atoms with Crippen molar-refractivity contribution in [3.8, 4) is 0 Å². The van der Waals surface area contributed by atoms with E-state index in [0.717, 1.165) is 42.0 Å². The molecule has 0 aromatic heterocycles. The molecule has 2 fully saturated rings. The predicted octanol–water partition coefficient (Wildman–Crippen LogP) is 4.69. The molecule has 6 heteroatoms. The molecule has 1 aliphatic carbocycles. The number of hydrogen-bond acceptors (Lipinski definition) is 3. The van der Waals surface area contributed by atoms with Crippen molar-refractivity contribution in [1.82, 2.24) is 9.80 Å². The lowest BCUT2D eigenvalue weighted by Gasteiger charge is -2.42. The summed E-state index contributed by atoms with van der Waals surface area (Å²) in [4.78, 5) is 16.7. The minimum atomic E-state index is -0.444. The minimum Gasteiger partial charge on any atom is -0.444 e. The van der Waals surface area contributed by atoms with Gasteiger partial charge in [0, 0.05) is 36.2 Å². The summed E-state index contributed by atoms with van der Waals surface area (Å²) in [5.74, 6) is 0. The van der Waals surface area contributed by atoms with Gasteiger partial charge in [-0.2, -0.15) is 0 Å². The fourth-order valence-corrected chi connectivity index (χ4v) is 3.76. The van der Waals surface area contributed by atoms with Gasteiger partial charge >= 0.3 is 6.09 Å². The van der Waals surface area contributed by atoms with Crippen LogP contribution in [0, 0.1) is 0 Å². The highest BCUT2D eigenvalue weighted by molar-refractivity contribution is 9.10. The summed E-state index contributed by atoms with van der Waals surface area (Å²) in [6, 6.07) is 6.08. The number of hydrogen-bond donors (Lipinski definition) is 0. The van der Waals surface area contributed by atoms with Crippen molar-refractivity contribution in [1.29, 1.82) is 0 Å². The van der Waals surface area contributed by atoms with E-state index in [-0.39, 0.29) is 11.6 Å². The minimum absolute atomic E-state index is 0.126. The van der Waals surface area contributed by atoms with Crippen molar-refractivity contribution in [2.75, 3.05) is 19.6 Å². The van der Waals surface area contributed by atoms with E-state index in [1.807, 2.05) is 31.7 Å². The van der Waals surface area contributed by atoms with Gasteiger partial charge in [-0.1, -0.05) is 17.7 Å². The summed E-state index contributed by atoms with van der Waals surface area (Å²) in [5.41, 5.74) is 0.921. The number of benzene rings is 1. The first kappa shape index (κ1) is 18.0. The van der Waals surface area contributed by atoms with Crippen molar-refractivity contribution in [3.05, 3.63) is 33.3 Å². The van der Waals surface area contributed by atoms with E-state index < -0.39 is 5.60 Å². The third kappa shape index (κ3) is 4.06. The average molecular weight is 416 g/mol. The van der Waals surface area contributed by atoms with Gasteiger partial charge in [-0.15, -0.1) is 0 Å². The number of nitrogens with zero attached hydrogens (tertiary/aromatic N) is 2. The topological polar surface area (TPSA) is 32.8 Å². The smallest absolute Gasteiger partial charge is 0.410 e. The molecule has 1 amide bonds. The van der Waals surface area contributed by atoms with Gasteiger partial charge in [-0.25, -0.2) is 4.79 Å². The molecule has 2 aliphatic rings. The van der Waals surface area contributed by atoms with Crippen LogP contribution in [-0.4, -0.2) is 46.7 Å². The highest BCUT2D eigenvalue weighted by Gasteiger charge is 2.52. The molecular formula is C18H24BrClN2O2. The van der Waals surface area contributed by atoms with Crippen LogP contribution in [0.2, 0.25) is 5.02 Å². The van der Waals surface area contributed by atoms with Crippen molar-refractivity contribution >= 4 is 33.6 Å². The lowest BCUT2D eigenvalue weighted by molar-refractivity contribution is -0.00239. The molecule has 1 aliphatic heterocycles. The molecule has 1 saturated heterocycles. The Morgan fingerprint density at radius 1 is 1.33 bits per heavy atom. The Hall–Kier alpha value is -0.780. The number of carbonyl (C=O) groups is 1. The lowest BCUT2D eigenvalue weighted by atomic mass is 10.1. The second-order valence-electron chi connectivity index (χ2n) is 7.80. The lowest BCUT2D eigenvalue weighted by Crippen LogP contribution is -2.56. The fraction of sp³-hybridized carbons (Fsp3) is 0.611. The largest absolute Gasteiger partial charge is 0.444 e. The zero-order valence-corrected chi connectivity index (χ0v) is 16.8. The first-order valence-corrected chi connectivity index (χ1v) is 9.53. The molecule has 24 heavy (non-hydrogen) atoms. The normalized spacial score (nSPS) is 20.3. The maximum atomic E-state index is 12.3. The molecule has 1 aromatic carbocycles. The Labute approximate surface area is 157 Å². The van der Waals surface area contributed by atoms with Gasteiger partial charge in [0.15, 0.2) is 0 Å². The van der Waals surface area contributed by atoms with Crippen LogP contribution in [0.15, 0.2) is 22.7 Å². The van der Waals surface area contributed by atoms with Crippen LogP contribution < -0.4 is 0 Å². The van der Waals surface area contributed by atoms with Crippen molar-refractivity contribution < 1.29 is 9.53 Å². The van der Waals surface area contributed by atoms with Crippen LogP contribution >= 0.6 is 27.5 Å². The quantitative estimate of drug-likeness (QED) is 0.702. The number of amides is 1. The van der Waals surface area contributed by atoms with Gasteiger partial charge in [-0.3, -0.25) is 4.90 Å². The van der Waals surface area contributed by atoms with Gasteiger partial charge in [0.1, 0.15) is 5.60 Å². The number of piperazine rings is 1. The van der Waals surface area contributed by atoms with E-state index in [0.29, 0.717) is 6.54 Å². The summed E-state index contributed by atoms with van der Waals surface area (Å²) in [5, 5.41) is 0.731. The SMILES string of the molecule is CC(C)(C)OC(=O)N1CCN(Cc2ccc(Cl)c(Br)c2)C2(CC2)C1. The summed E-state index contributed by atoms with van der Waals surface area (Å²) in [7, 11) is 0. The molecule has 132 valence electrons. The third-order valence-corrected chi connectivity index (χ3v) is 5.85. The van der Waals surface area contributed by atoms with Crippen LogP contribution in [0.25, 0.3) is 0 Å². The van der Waals surface area contributed by atoms with E-state index in [1.165, 1.54) is 5.56 Å². The standard InChI is InChI=1S/C18H24BrClN2O2/c1-17(2,3)24-16(23)21-8-9-22(18(12-21)6-7-18)11-13-4-5-15(20)14(19)10-13/h4-5,10H,6-9,11-12H2,1-3H3. The highest BCUT2D eigenvalue weighted by Crippen LogP contribution is 2.45. The maximum Gasteiger partial charge on any atom is 0.410 e. The Kier molecular flexibility index (Phi) is 4.89. The molecule has 0 unspecified atom stereocenters. The van der Waals surface area contributed by atoms with Crippen molar-refractivity contribution in [2.45, 2.75) is 51.3 Å². The Bertz CT molecular complexity index is 640. The summed E-state index contributed by atoms with van der Waals surface area (Å²) >= 11 is 9.57. The van der Waals surface area contributed by atoms with Crippen LogP contribution in [0.4, 0.5) is 4.79 Å². The number of rotatable bonds is 2. The van der Waals surface area contributed by atoms with Gasteiger partial charge in [0.05, 0.1) is 5.02 Å². The van der Waals surface area contributed by atoms with Crippen LogP contribution in [0.1, 0.15) is 39.2 Å². The molecular weight excluding hydrogens is 392 g/mol. The Morgan fingerprint density at radius 2 is 2.04 bits per heavy atom. The molecule has 1 spiro atoms. The maximum absolute atomic E-state index is 12.3. The number of carbonyl (C=O) groups excluding carboxylic acids is 1. The van der Waals surface area contributed by atoms with Crippen LogP contribution in [0.5, 0.6) is 0 Å². The van der Waals surface area contributed by atoms with E-state index in [1.54, 1.807) is 0 Å². The molecule has 1 heterocycles. The molecule has 4 nitrogen and oxygen atoms in total. The highest BCUT2D eigenvalue weighted by atomic mass is 79.9. The summed E-state index contributed by atoms with van der Waals surface area (Å²) in [6.45, 7) is 8.96. The van der Waals surface area contributed by atoms with Crippen molar-refractivity contribution in [2.24, 2.45) is 0 Å². The van der Waals surface area contributed by atoms with Crippen molar-refractivity contribution in [3.63, 3.8) is 0 Å². The first-order valence-electron chi connectivity index (χ1n) is 8.35. The van der Waals surface area contributed by atoms with Gasteiger partial charge in [0.2, 0.25) is 0 Å². The van der Waals surface area contributed by atoms with E-state index in [9.17, 15) is 4.79 Å². The van der Waals surface area contributed by atoms with E-state index >= 15 is 0 Å². The molecule has 0 bridgehead atoms. The number of ether oxygens (including phenoxy) is 1. The first-order chi connectivity index (χ1) is 11.2. The fourth-order valence-electron chi connectivity index (χ4n) is 3.22. The van der Waals surface area contributed by atoms with Gasteiger partial charge < -0.3 is 9.64 Å². The Balaban J connectivity index is 1.65. The molecule has 1 aromatic rings. The summed E-state index contributed by atoms with van der Waals surface area (Å²) in [6.07, 6.45) is 2.09. The zero-order chi connectivity index (χ0) is 17.5. The monoisotopic (exact) mass is 414 g/mol. The average Bonchev–Trinajstić information content (AvgIpc) is 3.23. The second kappa shape index (κ2) is 6.50. The molecule has 0 radical (unpaired) electrons. The second-order valence-corrected chi connectivity index (χ2v) is 9.06. The van der Waals surface area contributed by atoms with E-state index in [2.05, 4.69) is 33.0 Å².